The molecule has 2 amide bonds. The average Bonchev–Trinajstić information content (AvgIpc) is 3.09. The van der Waals surface area contributed by atoms with E-state index in [1.165, 1.54) is 0 Å². The summed E-state index contributed by atoms with van der Waals surface area (Å²) in [5.41, 5.74) is 3.89. The molecule has 0 atom stereocenters. The van der Waals surface area contributed by atoms with Crippen molar-refractivity contribution < 1.29 is 14.3 Å². The van der Waals surface area contributed by atoms with Crippen LogP contribution in [0.3, 0.4) is 0 Å². The SMILES string of the molecule is Cc1cc(C(=O)CN2CCN(C(=O)N3CCOCC3)CC2)c(C)n1-c1ccccc1. The third-order valence-corrected chi connectivity index (χ3v) is 6.04. The third-order valence-electron chi connectivity index (χ3n) is 6.04. The number of aromatic nitrogens is 1. The molecule has 1 aromatic carbocycles. The Labute approximate surface area is 177 Å². The van der Waals surface area contributed by atoms with Crippen LogP contribution in [-0.4, -0.2) is 90.1 Å². The van der Waals surface area contributed by atoms with E-state index >= 15 is 0 Å². The maximum absolute atomic E-state index is 13.0. The van der Waals surface area contributed by atoms with E-state index in [9.17, 15) is 9.59 Å². The van der Waals surface area contributed by atoms with Gasteiger partial charge in [-0.2, -0.15) is 0 Å². The molecule has 2 saturated heterocycles. The van der Waals surface area contributed by atoms with Crippen LogP contribution in [0, 0.1) is 13.8 Å². The maximum atomic E-state index is 13.0. The lowest BCUT2D eigenvalue weighted by molar-refractivity contribution is 0.0376. The lowest BCUT2D eigenvalue weighted by Gasteiger charge is -2.38. The number of nitrogens with zero attached hydrogens (tertiary/aromatic N) is 4. The van der Waals surface area contributed by atoms with Crippen LogP contribution < -0.4 is 0 Å². The minimum atomic E-state index is 0.0932. The summed E-state index contributed by atoms with van der Waals surface area (Å²) in [6.45, 7) is 9.74. The number of hydrogen-bond donors (Lipinski definition) is 0. The number of carbonyl (C=O) groups excluding carboxylic acids is 2. The monoisotopic (exact) mass is 410 g/mol. The fraction of sp³-hybridized carbons (Fsp3) is 0.478. The van der Waals surface area contributed by atoms with E-state index in [4.69, 9.17) is 4.74 Å². The first-order chi connectivity index (χ1) is 14.5. The molecule has 4 rings (SSSR count). The van der Waals surface area contributed by atoms with Gasteiger partial charge in [0.05, 0.1) is 19.8 Å². The summed E-state index contributed by atoms with van der Waals surface area (Å²) in [5.74, 6) is 0.137. The number of rotatable bonds is 4. The minimum absolute atomic E-state index is 0.0932. The topological polar surface area (TPSA) is 58.0 Å². The molecule has 2 aromatic rings. The Morgan fingerprint density at radius 2 is 1.53 bits per heavy atom. The van der Waals surface area contributed by atoms with Gasteiger partial charge in [0.25, 0.3) is 0 Å². The molecule has 0 aliphatic carbocycles. The molecular formula is C23H30N4O3. The van der Waals surface area contributed by atoms with Gasteiger partial charge in [0.2, 0.25) is 0 Å². The van der Waals surface area contributed by atoms with Crippen molar-refractivity contribution in [3.05, 3.63) is 53.3 Å². The zero-order valence-corrected chi connectivity index (χ0v) is 17.8. The molecular weight excluding hydrogens is 380 g/mol. The highest BCUT2D eigenvalue weighted by Crippen LogP contribution is 2.21. The number of morpholine rings is 1. The molecule has 7 nitrogen and oxygen atoms in total. The maximum Gasteiger partial charge on any atom is 0.320 e. The number of benzene rings is 1. The van der Waals surface area contributed by atoms with Gasteiger partial charge in [0, 0.05) is 61.9 Å². The first-order valence-corrected chi connectivity index (χ1v) is 10.7. The van der Waals surface area contributed by atoms with E-state index in [0.717, 1.165) is 35.7 Å². The minimum Gasteiger partial charge on any atom is -0.378 e. The van der Waals surface area contributed by atoms with E-state index < -0.39 is 0 Å². The predicted octanol–water partition coefficient (Wildman–Crippen LogP) is 2.35. The zero-order chi connectivity index (χ0) is 21.1. The van der Waals surface area contributed by atoms with Crippen LogP contribution in [-0.2, 0) is 4.74 Å². The summed E-state index contributed by atoms with van der Waals surface area (Å²) < 4.78 is 7.46. The lowest BCUT2D eigenvalue weighted by Crippen LogP contribution is -2.55. The number of ether oxygens (including phenoxy) is 1. The van der Waals surface area contributed by atoms with Gasteiger partial charge < -0.3 is 19.1 Å². The zero-order valence-electron chi connectivity index (χ0n) is 17.8. The van der Waals surface area contributed by atoms with Crippen LogP contribution in [0.2, 0.25) is 0 Å². The van der Waals surface area contributed by atoms with Gasteiger partial charge in [-0.3, -0.25) is 9.69 Å². The molecule has 0 unspecified atom stereocenters. The Morgan fingerprint density at radius 1 is 0.900 bits per heavy atom. The second-order valence-electron chi connectivity index (χ2n) is 8.02. The quantitative estimate of drug-likeness (QED) is 0.726. The van der Waals surface area contributed by atoms with Crippen molar-refractivity contribution in [1.29, 1.82) is 0 Å². The summed E-state index contributed by atoms with van der Waals surface area (Å²) >= 11 is 0. The molecule has 7 heteroatoms. The second kappa shape index (κ2) is 9.02. The standard InChI is InChI=1S/C23H30N4O3/c1-18-16-21(19(2)27(18)20-6-4-3-5-7-20)22(28)17-24-8-10-25(11-9-24)23(29)26-12-14-30-15-13-26/h3-7,16H,8-15,17H2,1-2H3. The van der Waals surface area contributed by atoms with Crippen molar-refractivity contribution in [3.8, 4) is 5.69 Å². The van der Waals surface area contributed by atoms with Crippen LogP contribution in [0.25, 0.3) is 5.69 Å². The summed E-state index contributed by atoms with van der Waals surface area (Å²) in [7, 11) is 0. The highest BCUT2D eigenvalue weighted by Gasteiger charge is 2.27. The largest absolute Gasteiger partial charge is 0.378 e. The molecule has 3 heterocycles. The van der Waals surface area contributed by atoms with Crippen molar-refractivity contribution in [2.24, 2.45) is 0 Å². The highest BCUT2D eigenvalue weighted by atomic mass is 16.5. The smallest absolute Gasteiger partial charge is 0.320 e. The van der Waals surface area contributed by atoms with Gasteiger partial charge >= 0.3 is 6.03 Å². The lowest BCUT2D eigenvalue weighted by atomic mass is 10.1. The fourth-order valence-corrected chi connectivity index (χ4v) is 4.36. The van der Waals surface area contributed by atoms with E-state index in [2.05, 4.69) is 21.6 Å². The number of piperazine rings is 1. The summed E-state index contributed by atoms with van der Waals surface area (Å²) in [6.07, 6.45) is 0. The number of amides is 2. The molecule has 0 spiro atoms. The number of para-hydroxylation sites is 1. The van der Waals surface area contributed by atoms with Crippen LogP contribution in [0.5, 0.6) is 0 Å². The molecule has 0 N–H and O–H groups in total. The van der Waals surface area contributed by atoms with Crippen molar-refractivity contribution in [2.75, 3.05) is 59.0 Å². The van der Waals surface area contributed by atoms with E-state index in [1.807, 2.05) is 47.9 Å². The molecule has 1 aromatic heterocycles. The van der Waals surface area contributed by atoms with Crippen LogP contribution in [0.1, 0.15) is 21.7 Å². The Hall–Kier alpha value is -2.64. The predicted molar refractivity (Wildman–Crippen MR) is 115 cm³/mol. The van der Waals surface area contributed by atoms with Crippen molar-refractivity contribution in [3.63, 3.8) is 0 Å². The number of carbonyl (C=O) groups is 2. The van der Waals surface area contributed by atoms with Crippen LogP contribution in [0.15, 0.2) is 36.4 Å². The molecule has 0 bridgehead atoms. The van der Waals surface area contributed by atoms with E-state index in [0.29, 0.717) is 45.9 Å². The summed E-state index contributed by atoms with van der Waals surface area (Å²) in [4.78, 5) is 31.6. The molecule has 2 aliphatic heterocycles. The molecule has 160 valence electrons. The van der Waals surface area contributed by atoms with Crippen LogP contribution in [0.4, 0.5) is 4.79 Å². The molecule has 0 saturated carbocycles. The van der Waals surface area contributed by atoms with Gasteiger partial charge in [-0.1, -0.05) is 18.2 Å². The average molecular weight is 411 g/mol. The molecule has 0 radical (unpaired) electrons. The Kier molecular flexibility index (Phi) is 6.20. The molecule has 2 fully saturated rings. The number of Topliss-reactive ketones (excluding diaryl/α,β-unsaturated/α-hetero) is 1. The first-order valence-electron chi connectivity index (χ1n) is 10.7. The number of ketones is 1. The highest BCUT2D eigenvalue weighted by molar-refractivity contribution is 5.99. The Morgan fingerprint density at radius 3 is 2.20 bits per heavy atom. The van der Waals surface area contributed by atoms with Crippen molar-refractivity contribution in [1.82, 2.24) is 19.3 Å². The van der Waals surface area contributed by atoms with E-state index in [-0.39, 0.29) is 11.8 Å². The molecule has 30 heavy (non-hydrogen) atoms. The third kappa shape index (κ3) is 4.27. The first kappa shape index (κ1) is 20.6. The Balaban J connectivity index is 1.36. The normalized spacial score (nSPS) is 17.9. The second-order valence-corrected chi connectivity index (χ2v) is 8.02. The molecule has 2 aliphatic rings. The van der Waals surface area contributed by atoms with Gasteiger partial charge in [0.1, 0.15) is 0 Å². The number of hydrogen-bond acceptors (Lipinski definition) is 4. The number of urea groups is 1. The van der Waals surface area contributed by atoms with Crippen molar-refractivity contribution >= 4 is 11.8 Å². The van der Waals surface area contributed by atoms with Gasteiger partial charge in [-0.25, -0.2) is 4.79 Å². The Bertz CT molecular complexity index is 895. The van der Waals surface area contributed by atoms with Gasteiger partial charge in [-0.05, 0) is 32.0 Å². The summed E-state index contributed by atoms with van der Waals surface area (Å²) in [5, 5.41) is 0. The van der Waals surface area contributed by atoms with Crippen molar-refractivity contribution in [2.45, 2.75) is 13.8 Å². The van der Waals surface area contributed by atoms with Crippen LogP contribution >= 0.6 is 0 Å². The number of aryl methyl sites for hydroxylation is 1. The summed E-state index contributed by atoms with van der Waals surface area (Å²) in [6, 6.07) is 12.2. The fourth-order valence-electron chi connectivity index (χ4n) is 4.36. The van der Waals surface area contributed by atoms with Gasteiger partial charge in [-0.15, -0.1) is 0 Å². The van der Waals surface area contributed by atoms with Gasteiger partial charge in [0.15, 0.2) is 5.78 Å². The van der Waals surface area contributed by atoms with E-state index in [1.54, 1.807) is 0 Å².